The average Bonchev–Trinajstić information content (AvgIpc) is 2.73. The monoisotopic (exact) mass is 237 g/mol. The van der Waals surface area contributed by atoms with Crippen LogP contribution in [-0.2, 0) is 11.8 Å². The van der Waals surface area contributed by atoms with Gasteiger partial charge in [0.25, 0.3) is 0 Å². The lowest BCUT2D eigenvalue weighted by Crippen LogP contribution is -2.31. The normalized spacial score (nSPS) is 21.4. The van der Waals surface area contributed by atoms with Gasteiger partial charge in [-0.15, -0.1) is 0 Å². The molecule has 4 heteroatoms. The van der Waals surface area contributed by atoms with E-state index in [4.69, 9.17) is 10.5 Å². The van der Waals surface area contributed by atoms with E-state index in [0.717, 1.165) is 5.56 Å². The molecule has 0 saturated heterocycles. The number of nitrogens with two attached hydrogens (primary N) is 1. The maximum atomic E-state index is 6.17. The van der Waals surface area contributed by atoms with Crippen LogP contribution in [0.3, 0.4) is 0 Å². The summed E-state index contributed by atoms with van der Waals surface area (Å²) in [5.74, 6) is 0. The molecule has 0 radical (unpaired) electrons. The zero-order valence-electron chi connectivity index (χ0n) is 10.8. The van der Waals surface area contributed by atoms with Gasteiger partial charge in [-0.05, 0) is 19.8 Å². The standard InChI is InChI=1S/C13H23N3O/c1-10(14)13(11-8-15-16(2)9-11)17-12-6-4-3-5-7-12/h8-10,12-13H,3-7,14H2,1-2H3. The number of nitrogens with zero attached hydrogens (tertiary/aromatic N) is 2. The summed E-state index contributed by atoms with van der Waals surface area (Å²) in [6.07, 6.45) is 10.5. The predicted molar refractivity (Wildman–Crippen MR) is 67.6 cm³/mol. The number of rotatable bonds is 4. The van der Waals surface area contributed by atoms with Crippen LogP contribution in [0.15, 0.2) is 12.4 Å². The van der Waals surface area contributed by atoms with Crippen molar-refractivity contribution in [3.05, 3.63) is 18.0 Å². The SMILES string of the molecule is CC(N)C(OC1CCCCC1)c1cnn(C)c1. The Labute approximate surface area is 103 Å². The van der Waals surface area contributed by atoms with Gasteiger partial charge in [-0.2, -0.15) is 5.10 Å². The molecule has 1 aliphatic rings. The zero-order chi connectivity index (χ0) is 12.3. The molecule has 0 aliphatic heterocycles. The second kappa shape index (κ2) is 5.65. The molecule has 2 rings (SSSR count). The van der Waals surface area contributed by atoms with Gasteiger partial charge in [0.05, 0.1) is 12.3 Å². The molecule has 1 aromatic rings. The number of hydrogen-bond donors (Lipinski definition) is 1. The fourth-order valence-electron chi connectivity index (χ4n) is 2.50. The van der Waals surface area contributed by atoms with E-state index < -0.39 is 0 Å². The largest absolute Gasteiger partial charge is 0.369 e. The summed E-state index contributed by atoms with van der Waals surface area (Å²) in [5, 5.41) is 4.19. The van der Waals surface area contributed by atoms with Crippen LogP contribution in [0.5, 0.6) is 0 Å². The number of hydrogen-bond acceptors (Lipinski definition) is 3. The minimum atomic E-state index is -0.0215. The van der Waals surface area contributed by atoms with Crippen LogP contribution in [0.2, 0.25) is 0 Å². The first kappa shape index (κ1) is 12.6. The second-order valence-electron chi connectivity index (χ2n) is 5.12. The Morgan fingerprint density at radius 1 is 1.41 bits per heavy atom. The Morgan fingerprint density at radius 2 is 2.12 bits per heavy atom. The van der Waals surface area contributed by atoms with Crippen LogP contribution >= 0.6 is 0 Å². The molecular formula is C13H23N3O. The van der Waals surface area contributed by atoms with Gasteiger partial charge in [0.1, 0.15) is 6.10 Å². The zero-order valence-corrected chi connectivity index (χ0v) is 10.8. The van der Waals surface area contributed by atoms with E-state index in [0.29, 0.717) is 6.10 Å². The van der Waals surface area contributed by atoms with Crippen LogP contribution in [0.4, 0.5) is 0 Å². The summed E-state index contributed by atoms with van der Waals surface area (Å²) < 4.78 is 7.97. The fraction of sp³-hybridized carbons (Fsp3) is 0.769. The average molecular weight is 237 g/mol. The Hall–Kier alpha value is -0.870. The molecule has 0 aromatic carbocycles. The minimum absolute atomic E-state index is 0.00104. The van der Waals surface area contributed by atoms with Crippen LogP contribution in [0.1, 0.15) is 50.7 Å². The van der Waals surface area contributed by atoms with Gasteiger partial charge in [-0.1, -0.05) is 19.3 Å². The highest BCUT2D eigenvalue weighted by atomic mass is 16.5. The van der Waals surface area contributed by atoms with Crippen molar-refractivity contribution in [2.24, 2.45) is 12.8 Å². The molecule has 1 fully saturated rings. The van der Waals surface area contributed by atoms with Gasteiger partial charge in [0.2, 0.25) is 0 Å². The molecule has 17 heavy (non-hydrogen) atoms. The molecule has 4 nitrogen and oxygen atoms in total. The van der Waals surface area contributed by atoms with E-state index in [1.54, 1.807) is 4.68 Å². The van der Waals surface area contributed by atoms with E-state index >= 15 is 0 Å². The van der Waals surface area contributed by atoms with E-state index in [2.05, 4.69) is 5.10 Å². The lowest BCUT2D eigenvalue weighted by atomic mass is 9.97. The van der Waals surface area contributed by atoms with Gasteiger partial charge >= 0.3 is 0 Å². The molecule has 2 N–H and O–H groups in total. The van der Waals surface area contributed by atoms with Crippen molar-refractivity contribution in [3.8, 4) is 0 Å². The van der Waals surface area contributed by atoms with E-state index in [9.17, 15) is 0 Å². The minimum Gasteiger partial charge on any atom is -0.369 e. The predicted octanol–water partition coefficient (Wildman–Crippen LogP) is 2.16. The molecule has 1 aromatic heterocycles. The van der Waals surface area contributed by atoms with Gasteiger partial charge in [0, 0.05) is 24.8 Å². The maximum Gasteiger partial charge on any atom is 0.101 e. The first-order valence-electron chi connectivity index (χ1n) is 6.56. The first-order valence-corrected chi connectivity index (χ1v) is 6.56. The summed E-state index contributed by atoms with van der Waals surface area (Å²) in [6.45, 7) is 2.00. The van der Waals surface area contributed by atoms with Crippen molar-refractivity contribution in [3.63, 3.8) is 0 Å². The van der Waals surface area contributed by atoms with Crippen molar-refractivity contribution < 1.29 is 4.74 Å². The Balaban J connectivity index is 2.01. The van der Waals surface area contributed by atoms with Gasteiger partial charge in [-0.25, -0.2) is 0 Å². The quantitative estimate of drug-likeness (QED) is 0.873. The summed E-state index contributed by atoms with van der Waals surface area (Å²) >= 11 is 0. The highest BCUT2D eigenvalue weighted by molar-refractivity contribution is 5.10. The summed E-state index contributed by atoms with van der Waals surface area (Å²) in [7, 11) is 1.92. The number of ether oxygens (including phenoxy) is 1. The second-order valence-corrected chi connectivity index (χ2v) is 5.12. The molecule has 0 spiro atoms. The highest BCUT2D eigenvalue weighted by Crippen LogP contribution is 2.28. The van der Waals surface area contributed by atoms with E-state index in [1.807, 2.05) is 26.4 Å². The fourth-order valence-corrected chi connectivity index (χ4v) is 2.50. The Bertz CT molecular complexity index is 342. The lowest BCUT2D eigenvalue weighted by molar-refractivity contribution is -0.0407. The molecular weight excluding hydrogens is 214 g/mol. The van der Waals surface area contributed by atoms with Crippen molar-refractivity contribution in [1.29, 1.82) is 0 Å². The third kappa shape index (κ3) is 3.30. The molecule has 1 saturated carbocycles. The smallest absolute Gasteiger partial charge is 0.101 e. The van der Waals surface area contributed by atoms with Crippen molar-refractivity contribution in [1.82, 2.24) is 9.78 Å². The van der Waals surface area contributed by atoms with Crippen LogP contribution in [0, 0.1) is 0 Å². The molecule has 2 unspecified atom stereocenters. The molecule has 1 heterocycles. The van der Waals surface area contributed by atoms with Crippen LogP contribution in [-0.4, -0.2) is 21.9 Å². The van der Waals surface area contributed by atoms with Gasteiger partial charge in [-0.3, -0.25) is 4.68 Å². The summed E-state index contributed by atoms with van der Waals surface area (Å²) in [4.78, 5) is 0. The summed E-state index contributed by atoms with van der Waals surface area (Å²) in [5.41, 5.74) is 7.12. The maximum absolute atomic E-state index is 6.17. The highest BCUT2D eigenvalue weighted by Gasteiger charge is 2.24. The van der Waals surface area contributed by atoms with E-state index in [-0.39, 0.29) is 12.1 Å². The topological polar surface area (TPSA) is 53.1 Å². The Kier molecular flexibility index (Phi) is 4.18. The Morgan fingerprint density at radius 3 is 2.65 bits per heavy atom. The number of aromatic nitrogens is 2. The molecule has 1 aliphatic carbocycles. The number of aryl methyl sites for hydroxylation is 1. The third-order valence-corrected chi connectivity index (χ3v) is 3.42. The van der Waals surface area contributed by atoms with Gasteiger partial charge < -0.3 is 10.5 Å². The summed E-state index contributed by atoms with van der Waals surface area (Å²) in [6, 6.07) is 0.00104. The lowest BCUT2D eigenvalue weighted by Gasteiger charge is -2.29. The molecule has 96 valence electrons. The van der Waals surface area contributed by atoms with Gasteiger partial charge in [0.15, 0.2) is 0 Å². The van der Waals surface area contributed by atoms with Crippen molar-refractivity contribution in [2.45, 2.75) is 57.3 Å². The first-order chi connectivity index (χ1) is 8.16. The van der Waals surface area contributed by atoms with Crippen molar-refractivity contribution in [2.75, 3.05) is 0 Å². The molecule has 0 bridgehead atoms. The van der Waals surface area contributed by atoms with Crippen LogP contribution < -0.4 is 5.73 Å². The third-order valence-electron chi connectivity index (χ3n) is 3.42. The van der Waals surface area contributed by atoms with Crippen LogP contribution in [0.25, 0.3) is 0 Å². The molecule has 0 amide bonds. The van der Waals surface area contributed by atoms with E-state index in [1.165, 1.54) is 32.1 Å². The molecule has 2 atom stereocenters. The van der Waals surface area contributed by atoms with Crippen molar-refractivity contribution >= 4 is 0 Å².